The Morgan fingerprint density at radius 3 is 1.70 bits per heavy atom. The van der Waals surface area contributed by atoms with E-state index in [0.29, 0.717) is 40.2 Å². The van der Waals surface area contributed by atoms with Gasteiger partial charge in [-0.25, -0.2) is 9.97 Å². The third kappa shape index (κ3) is 5.45. The molecule has 5 heterocycles. The largest absolute Gasteiger partial charge is 0.455 e. The second-order valence-corrected chi connectivity index (χ2v) is 16.6. The highest BCUT2D eigenvalue weighted by atomic mass is 16.3. The van der Waals surface area contributed by atoms with E-state index >= 15 is 0 Å². The van der Waals surface area contributed by atoms with Crippen LogP contribution in [0, 0.1) is 0 Å². The zero-order valence-electron chi connectivity index (χ0n) is 35.1. The quantitative estimate of drug-likeness (QED) is 0.166. The van der Waals surface area contributed by atoms with Gasteiger partial charge in [-0.3, -0.25) is 4.57 Å². The first-order valence-electron chi connectivity index (χ1n) is 22.0. The Morgan fingerprint density at radius 2 is 0.939 bits per heavy atom. The fraction of sp³-hybridized carbons (Fsp3) is 0. The first-order valence-corrected chi connectivity index (χ1v) is 22.0. The lowest BCUT2D eigenvalue weighted by molar-refractivity contribution is 0.620. The van der Waals surface area contributed by atoms with Crippen LogP contribution < -0.4 is 0 Å². The molecule has 0 amide bonds. The molecule has 0 spiro atoms. The molecule has 8 heteroatoms. The van der Waals surface area contributed by atoms with Crippen LogP contribution in [-0.4, -0.2) is 29.1 Å². The minimum atomic E-state index is 0.453. The molecule has 0 radical (unpaired) electrons. The van der Waals surface area contributed by atoms with E-state index in [1.165, 1.54) is 0 Å². The van der Waals surface area contributed by atoms with Crippen LogP contribution in [0.3, 0.4) is 0 Å². The van der Waals surface area contributed by atoms with Crippen LogP contribution in [0.15, 0.2) is 215 Å². The Balaban J connectivity index is 1.07. The van der Waals surface area contributed by atoms with Gasteiger partial charge in [-0.1, -0.05) is 146 Å². The number of rotatable bonds is 6. The highest BCUT2D eigenvalue weighted by molar-refractivity contribution is 6.23. The zero-order chi connectivity index (χ0) is 43.3. The van der Waals surface area contributed by atoms with Crippen molar-refractivity contribution in [1.29, 1.82) is 0 Å². The third-order valence-corrected chi connectivity index (χ3v) is 12.8. The Morgan fingerprint density at radius 1 is 0.348 bits per heavy atom. The van der Waals surface area contributed by atoms with Crippen molar-refractivity contribution in [3.8, 4) is 57.0 Å². The summed E-state index contributed by atoms with van der Waals surface area (Å²) < 4.78 is 18.0. The smallest absolute Gasteiger partial charge is 0.238 e. The molecular weight excluding hydrogens is 813 g/mol. The molecule has 308 valence electrons. The number of hydrogen-bond acceptors (Lipinski definition) is 6. The summed E-state index contributed by atoms with van der Waals surface area (Å²) in [6.45, 7) is 0. The van der Waals surface area contributed by atoms with Gasteiger partial charge in [0, 0.05) is 54.7 Å². The lowest BCUT2D eigenvalue weighted by atomic mass is 10.0. The number of para-hydroxylation sites is 5. The van der Waals surface area contributed by atoms with E-state index in [2.05, 4.69) is 155 Å². The summed E-state index contributed by atoms with van der Waals surface area (Å²) >= 11 is 0. The zero-order valence-corrected chi connectivity index (χ0v) is 35.1. The molecule has 8 nitrogen and oxygen atoms in total. The van der Waals surface area contributed by atoms with Gasteiger partial charge in [0.15, 0.2) is 17.2 Å². The lowest BCUT2D eigenvalue weighted by Gasteiger charge is -2.13. The fourth-order valence-electron chi connectivity index (χ4n) is 9.88. The number of nitrogens with zero attached hydrogens (tertiary/aromatic N) is 6. The maximum Gasteiger partial charge on any atom is 0.238 e. The van der Waals surface area contributed by atoms with E-state index in [9.17, 15) is 0 Å². The molecule has 0 N–H and O–H groups in total. The van der Waals surface area contributed by atoms with Crippen molar-refractivity contribution in [2.75, 3.05) is 0 Å². The van der Waals surface area contributed by atoms with Gasteiger partial charge in [-0.15, -0.1) is 0 Å². The van der Waals surface area contributed by atoms with Gasteiger partial charge < -0.3 is 13.4 Å². The van der Waals surface area contributed by atoms with E-state index in [1.807, 2.05) is 60.7 Å². The minimum absolute atomic E-state index is 0.453. The monoisotopic (exact) mass is 846 g/mol. The first-order chi connectivity index (χ1) is 32.7. The summed E-state index contributed by atoms with van der Waals surface area (Å²) in [5, 5.41) is 6.53. The predicted octanol–water partition coefficient (Wildman–Crippen LogP) is 14.8. The van der Waals surface area contributed by atoms with Crippen LogP contribution in [-0.2, 0) is 0 Å². The lowest BCUT2D eigenvalue weighted by Crippen LogP contribution is -2.07. The van der Waals surface area contributed by atoms with Crippen LogP contribution in [0.4, 0.5) is 0 Å². The van der Waals surface area contributed by atoms with Crippen molar-refractivity contribution in [3.05, 3.63) is 206 Å². The van der Waals surface area contributed by atoms with E-state index in [-0.39, 0.29) is 0 Å². The minimum Gasteiger partial charge on any atom is -0.455 e. The van der Waals surface area contributed by atoms with E-state index < -0.39 is 0 Å². The van der Waals surface area contributed by atoms with Crippen LogP contribution >= 0.6 is 0 Å². The summed E-state index contributed by atoms with van der Waals surface area (Å²) in [5.41, 5.74) is 12.6. The van der Waals surface area contributed by atoms with Crippen molar-refractivity contribution in [1.82, 2.24) is 29.1 Å². The molecule has 0 atom stereocenters. The first kappa shape index (κ1) is 36.4. The molecule has 9 aromatic carbocycles. The van der Waals surface area contributed by atoms with Crippen molar-refractivity contribution < 1.29 is 8.83 Å². The molecule has 5 aromatic heterocycles. The molecule has 0 unspecified atom stereocenters. The molecule has 0 fully saturated rings. The van der Waals surface area contributed by atoms with Crippen LogP contribution in [0.1, 0.15) is 0 Å². The van der Waals surface area contributed by atoms with Gasteiger partial charge in [0.2, 0.25) is 11.8 Å². The summed E-state index contributed by atoms with van der Waals surface area (Å²) in [6, 6.07) is 70.9. The average molecular weight is 847 g/mol. The van der Waals surface area contributed by atoms with Gasteiger partial charge in [0.25, 0.3) is 0 Å². The van der Waals surface area contributed by atoms with E-state index in [0.717, 1.165) is 93.5 Å². The van der Waals surface area contributed by atoms with Gasteiger partial charge in [-0.2, -0.15) is 9.97 Å². The molecule has 0 saturated carbocycles. The Hall–Kier alpha value is -9.14. The molecule has 14 aromatic rings. The number of aromatic nitrogens is 6. The molecule has 0 aliphatic rings. The normalized spacial score (nSPS) is 11.9. The fourth-order valence-corrected chi connectivity index (χ4v) is 9.88. The molecule has 14 rings (SSSR count). The van der Waals surface area contributed by atoms with Gasteiger partial charge in [-0.05, 0) is 66.2 Å². The standard InChI is InChI=1S/C58H34N6O2/c1-4-16-35(17-5-1)39-24-14-25-45-42-31-30-37(34-50(42)65-53(39)45)55-60-56(46-26-15-27-47-54(46)66-57(59-47)36-18-6-2-7-19-36)62-58(61-55)64-49-29-13-11-23-41(49)44-33-32-43-40-22-10-12-28-48(40)63(51(43)52(44)64)38-20-8-3-9-21-38/h1-34H. The number of fused-ring (bicyclic) bond motifs is 11. The number of oxazole rings is 1. The van der Waals surface area contributed by atoms with Gasteiger partial charge in [0.1, 0.15) is 16.7 Å². The summed E-state index contributed by atoms with van der Waals surface area (Å²) in [7, 11) is 0. The summed E-state index contributed by atoms with van der Waals surface area (Å²) in [5.74, 6) is 1.93. The van der Waals surface area contributed by atoms with Crippen molar-refractivity contribution >= 4 is 76.6 Å². The van der Waals surface area contributed by atoms with Crippen LogP contribution in [0.25, 0.3) is 134 Å². The second-order valence-electron chi connectivity index (χ2n) is 16.6. The SMILES string of the molecule is c1ccc(-c2nc3cccc(-c4nc(-c5ccc6c(c5)oc5c(-c7ccccc7)cccc56)nc(-n5c6ccccc6c6ccc7c8ccccc8n(-c8ccccc8)c7c65)n4)c3o2)cc1. The Bertz CT molecular complexity index is 4220. The number of furan rings is 1. The van der Waals surface area contributed by atoms with Crippen molar-refractivity contribution in [2.45, 2.75) is 0 Å². The molecule has 66 heavy (non-hydrogen) atoms. The number of hydrogen-bond donors (Lipinski definition) is 0. The number of benzene rings is 9. The maximum atomic E-state index is 6.77. The molecule has 0 aliphatic carbocycles. The Kier molecular flexibility index (Phi) is 7.81. The highest BCUT2D eigenvalue weighted by Crippen LogP contribution is 2.43. The maximum absolute atomic E-state index is 6.77. The molecule has 0 bridgehead atoms. The second kappa shape index (κ2) is 14.2. The van der Waals surface area contributed by atoms with Gasteiger partial charge in [0.05, 0.1) is 27.6 Å². The third-order valence-electron chi connectivity index (χ3n) is 12.8. The highest BCUT2D eigenvalue weighted by Gasteiger charge is 2.25. The molecule has 0 aliphatic heterocycles. The predicted molar refractivity (Wildman–Crippen MR) is 265 cm³/mol. The average Bonchev–Trinajstić information content (AvgIpc) is 4.16. The summed E-state index contributed by atoms with van der Waals surface area (Å²) in [6.07, 6.45) is 0. The topological polar surface area (TPSA) is 87.7 Å². The van der Waals surface area contributed by atoms with Crippen LogP contribution in [0.2, 0.25) is 0 Å². The molecule has 0 saturated heterocycles. The summed E-state index contributed by atoms with van der Waals surface area (Å²) in [4.78, 5) is 21.1. The van der Waals surface area contributed by atoms with Crippen molar-refractivity contribution in [3.63, 3.8) is 0 Å². The Labute approximate surface area is 376 Å². The van der Waals surface area contributed by atoms with Crippen LogP contribution in [0.5, 0.6) is 0 Å². The van der Waals surface area contributed by atoms with E-state index in [1.54, 1.807) is 0 Å². The van der Waals surface area contributed by atoms with E-state index in [4.69, 9.17) is 28.8 Å². The van der Waals surface area contributed by atoms with Gasteiger partial charge >= 0.3 is 0 Å². The molecular formula is C58H34N6O2. The van der Waals surface area contributed by atoms with Crippen molar-refractivity contribution in [2.24, 2.45) is 0 Å².